The van der Waals surface area contributed by atoms with E-state index in [2.05, 4.69) is 20.8 Å². The first-order chi connectivity index (χ1) is 12.9. The molecule has 0 atom stereocenters. The highest BCUT2D eigenvalue weighted by atomic mass is 35.5. The molecule has 0 radical (unpaired) electrons. The summed E-state index contributed by atoms with van der Waals surface area (Å²) >= 11 is 13.5. The molecule has 1 aromatic heterocycles. The molecule has 2 amide bonds. The van der Waals surface area contributed by atoms with Crippen molar-refractivity contribution in [2.24, 2.45) is 5.10 Å². The monoisotopic (exact) mass is 425 g/mol. The lowest BCUT2D eigenvalue weighted by Crippen LogP contribution is -2.35. The third-order valence-electron chi connectivity index (χ3n) is 3.91. The summed E-state index contributed by atoms with van der Waals surface area (Å²) in [7, 11) is 0. The summed E-state index contributed by atoms with van der Waals surface area (Å²) in [6, 6.07) is 5.60. The highest BCUT2D eigenvalue weighted by Gasteiger charge is 2.22. The number of hydrogen-bond donors (Lipinski definition) is 2. The van der Waals surface area contributed by atoms with Crippen molar-refractivity contribution in [2.75, 3.05) is 18.4 Å². The van der Waals surface area contributed by atoms with Gasteiger partial charge in [0.2, 0.25) is 5.91 Å². The number of hydrogen-bond acceptors (Lipinski definition) is 6. The minimum atomic E-state index is -0.352. The van der Waals surface area contributed by atoms with Crippen LogP contribution in [0.25, 0.3) is 0 Å². The molecular weight excluding hydrogens is 409 g/mol. The molecule has 2 heterocycles. The van der Waals surface area contributed by atoms with Crippen LogP contribution in [0.3, 0.4) is 0 Å². The van der Waals surface area contributed by atoms with Gasteiger partial charge in [-0.15, -0.1) is 0 Å². The van der Waals surface area contributed by atoms with Gasteiger partial charge in [0.25, 0.3) is 5.91 Å². The molecule has 1 fully saturated rings. The molecule has 1 saturated heterocycles. The standard InChI is InChI=1S/C17H17Cl2N5O2S/c1-10-4-5-11(7-12(10)18)21-17-22-16(19)13(27-17)8-20-23-14(25)9-24-6-2-3-15(24)26/h4-5,7-8H,2-3,6,9H2,1H3,(H,21,22)(H,23,25)/b20-8+. The normalized spacial score (nSPS) is 14.2. The highest BCUT2D eigenvalue weighted by molar-refractivity contribution is 7.17. The highest BCUT2D eigenvalue weighted by Crippen LogP contribution is 2.29. The van der Waals surface area contributed by atoms with Crippen LogP contribution in [0.1, 0.15) is 23.3 Å². The zero-order valence-electron chi connectivity index (χ0n) is 14.5. The quantitative estimate of drug-likeness (QED) is 0.546. The van der Waals surface area contributed by atoms with E-state index >= 15 is 0 Å². The van der Waals surface area contributed by atoms with Gasteiger partial charge in [-0.2, -0.15) is 5.10 Å². The maximum Gasteiger partial charge on any atom is 0.259 e. The molecule has 2 N–H and O–H groups in total. The molecule has 2 aromatic rings. The molecule has 1 aliphatic heterocycles. The fraction of sp³-hybridized carbons (Fsp3) is 0.294. The number of rotatable bonds is 6. The van der Waals surface area contributed by atoms with Crippen molar-refractivity contribution >= 4 is 63.4 Å². The predicted molar refractivity (Wildman–Crippen MR) is 108 cm³/mol. The van der Waals surface area contributed by atoms with Gasteiger partial charge in [0.05, 0.1) is 11.1 Å². The minimum Gasteiger partial charge on any atom is -0.333 e. The van der Waals surface area contributed by atoms with Crippen LogP contribution in [-0.4, -0.2) is 41.0 Å². The Morgan fingerprint density at radius 2 is 2.26 bits per heavy atom. The van der Waals surface area contributed by atoms with Gasteiger partial charge in [-0.1, -0.05) is 40.6 Å². The first kappa shape index (κ1) is 19.6. The molecule has 1 aromatic carbocycles. The SMILES string of the molecule is Cc1ccc(Nc2nc(Cl)c(/C=N/NC(=O)CN3CCCC3=O)s2)cc1Cl. The Morgan fingerprint density at radius 1 is 1.44 bits per heavy atom. The molecule has 142 valence electrons. The van der Waals surface area contributed by atoms with Crippen molar-refractivity contribution in [3.63, 3.8) is 0 Å². The van der Waals surface area contributed by atoms with Gasteiger partial charge < -0.3 is 10.2 Å². The number of nitrogens with zero attached hydrogens (tertiary/aromatic N) is 3. The lowest BCUT2D eigenvalue weighted by molar-refractivity contribution is -0.133. The number of halogens is 2. The van der Waals surface area contributed by atoms with Crippen molar-refractivity contribution in [2.45, 2.75) is 19.8 Å². The van der Waals surface area contributed by atoms with Crippen molar-refractivity contribution in [3.05, 3.63) is 38.8 Å². The molecule has 0 bridgehead atoms. The van der Waals surface area contributed by atoms with E-state index in [1.54, 1.807) is 6.07 Å². The second kappa shape index (κ2) is 8.69. The number of carbonyl (C=O) groups excluding carboxylic acids is 2. The van der Waals surface area contributed by atoms with E-state index in [1.165, 1.54) is 22.5 Å². The van der Waals surface area contributed by atoms with E-state index in [0.29, 0.717) is 28.0 Å². The number of anilines is 2. The van der Waals surface area contributed by atoms with Crippen LogP contribution >= 0.6 is 34.5 Å². The maximum absolute atomic E-state index is 11.8. The molecular formula is C17H17Cl2N5O2S. The Balaban J connectivity index is 1.57. The maximum atomic E-state index is 11.8. The van der Waals surface area contributed by atoms with Crippen LogP contribution in [0.4, 0.5) is 10.8 Å². The molecule has 1 aliphatic rings. The van der Waals surface area contributed by atoms with E-state index in [-0.39, 0.29) is 23.5 Å². The Morgan fingerprint density at radius 3 is 2.96 bits per heavy atom. The average molecular weight is 426 g/mol. The third kappa shape index (κ3) is 5.18. The largest absolute Gasteiger partial charge is 0.333 e. The Kier molecular flexibility index (Phi) is 6.30. The second-order valence-electron chi connectivity index (χ2n) is 5.98. The second-order valence-corrected chi connectivity index (χ2v) is 7.77. The van der Waals surface area contributed by atoms with Crippen LogP contribution in [0.2, 0.25) is 10.2 Å². The van der Waals surface area contributed by atoms with Crippen molar-refractivity contribution in [1.82, 2.24) is 15.3 Å². The number of aromatic nitrogens is 1. The summed E-state index contributed by atoms with van der Waals surface area (Å²) in [6.45, 7) is 2.54. The lowest BCUT2D eigenvalue weighted by atomic mass is 10.2. The molecule has 10 heteroatoms. The molecule has 0 unspecified atom stereocenters. The first-order valence-corrected chi connectivity index (χ1v) is 9.79. The fourth-order valence-corrected chi connectivity index (χ4v) is 3.71. The molecule has 0 aliphatic carbocycles. The Bertz CT molecular complexity index is 899. The summed E-state index contributed by atoms with van der Waals surface area (Å²) in [5, 5.41) is 8.53. The lowest BCUT2D eigenvalue weighted by Gasteiger charge is -2.13. The smallest absolute Gasteiger partial charge is 0.259 e. The van der Waals surface area contributed by atoms with Gasteiger partial charge in [0.15, 0.2) is 10.3 Å². The number of nitrogens with one attached hydrogen (secondary N) is 2. The van der Waals surface area contributed by atoms with Crippen LogP contribution < -0.4 is 10.7 Å². The van der Waals surface area contributed by atoms with E-state index in [9.17, 15) is 9.59 Å². The number of amides is 2. The van der Waals surface area contributed by atoms with Gasteiger partial charge in [0, 0.05) is 23.7 Å². The summed E-state index contributed by atoms with van der Waals surface area (Å²) in [5.41, 5.74) is 4.18. The minimum absolute atomic E-state index is 0.00752. The van der Waals surface area contributed by atoms with Crippen molar-refractivity contribution in [1.29, 1.82) is 0 Å². The zero-order chi connectivity index (χ0) is 19.4. The Labute approximate surface area is 170 Å². The van der Waals surface area contributed by atoms with Crippen LogP contribution in [0.5, 0.6) is 0 Å². The number of hydrazone groups is 1. The van der Waals surface area contributed by atoms with E-state index < -0.39 is 0 Å². The number of benzene rings is 1. The summed E-state index contributed by atoms with van der Waals surface area (Å²) in [4.78, 5) is 29.7. The fourth-order valence-electron chi connectivity index (χ4n) is 2.48. The summed E-state index contributed by atoms with van der Waals surface area (Å²) in [5.74, 6) is -0.360. The van der Waals surface area contributed by atoms with E-state index in [4.69, 9.17) is 23.2 Å². The van der Waals surface area contributed by atoms with Crippen LogP contribution in [0.15, 0.2) is 23.3 Å². The number of carbonyl (C=O) groups is 2. The molecule has 3 rings (SSSR count). The zero-order valence-corrected chi connectivity index (χ0v) is 16.8. The average Bonchev–Trinajstić information content (AvgIpc) is 3.17. The van der Waals surface area contributed by atoms with Gasteiger partial charge >= 0.3 is 0 Å². The number of aryl methyl sites for hydroxylation is 1. The molecule has 7 nitrogen and oxygen atoms in total. The molecule has 0 spiro atoms. The third-order valence-corrected chi connectivity index (χ3v) is 5.62. The van der Waals surface area contributed by atoms with E-state index in [1.807, 2.05) is 19.1 Å². The van der Waals surface area contributed by atoms with Gasteiger partial charge in [-0.3, -0.25) is 9.59 Å². The number of thiazole rings is 1. The van der Waals surface area contributed by atoms with Crippen LogP contribution in [-0.2, 0) is 9.59 Å². The topological polar surface area (TPSA) is 86.7 Å². The summed E-state index contributed by atoms with van der Waals surface area (Å²) in [6.07, 6.45) is 2.71. The van der Waals surface area contributed by atoms with Gasteiger partial charge in [-0.25, -0.2) is 10.4 Å². The molecule has 27 heavy (non-hydrogen) atoms. The van der Waals surface area contributed by atoms with Gasteiger partial charge in [0.1, 0.15) is 6.54 Å². The van der Waals surface area contributed by atoms with E-state index in [0.717, 1.165) is 17.7 Å². The van der Waals surface area contributed by atoms with Crippen molar-refractivity contribution < 1.29 is 9.59 Å². The molecule has 0 saturated carbocycles. The predicted octanol–water partition coefficient (Wildman–Crippen LogP) is 3.57. The first-order valence-electron chi connectivity index (χ1n) is 8.21. The summed E-state index contributed by atoms with van der Waals surface area (Å²) < 4.78 is 0. The number of likely N-dealkylation sites (tertiary alicyclic amines) is 1. The van der Waals surface area contributed by atoms with Crippen LogP contribution in [0, 0.1) is 6.92 Å². The van der Waals surface area contributed by atoms with Crippen molar-refractivity contribution in [3.8, 4) is 0 Å². The Hall–Kier alpha value is -2.16. The van der Waals surface area contributed by atoms with Gasteiger partial charge in [-0.05, 0) is 31.0 Å².